The Bertz CT molecular complexity index is 982. The summed E-state index contributed by atoms with van der Waals surface area (Å²) in [6, 6.07) is 13.3. The van der Waals surface area contributed by atoms with Crippen molar-refractivity contribution in [2.75, 3.05) is 41.4 Å². The summed E-state index contributed by atoms with van der Waals surface area (Å²) in [7, 11) is 7.01. The summed E-state index contributed by atoms with van der Waals surface area (Å²) in [6.45, 7) is 1.17. The van der Waals surface area contributed by atoms with Crippen molar-refractivity contribution in [3.05, 3.63) is 65.2 Å². The molecular weight excluding hydrogens is 396 g/mol. The van der Waals surface area contributed by atoms with Gasteiger partial charge in [-0.25, -0.2) is 0 Å². The van der Waals surface area contributed by atoms with Crippen LogP contribution in [0.25, 0.3) is 5.76 Å². The molecule has 0 spiro atoms. The maximum absolute atomic E-state index is 13.0. The molecule has 0 saturated carbocycles. The summed E-state index contributed by atoms with van der Waals surface area (Å²) in [5, 5.41) is 11.1. The van der Waals surface area contributed by atoms with E-state index in [4.69, 9.17) is 9.47 Å². The van der Waals surface area contributed by atoms with Crippen LogP contribution in [-0.4, -0.2) is 68.0 Å². The van der Waals surface area contributed by atoms with E-state index >= 15 is 0 Å². The predicted octanol–water partition coefficient (Wildman–Crippen LogP) is 3.08. The molecule has 0 bridgehead atoms. The van der Waals surface area contributed by atoms with Gasteiger partial charge in [-0.1, -0.05) is 24.3 Å². The molecule has 1 N–H and O–H groups in total. The van der Waals surface area contributed by atoms with E-state index in [1.54, 1.807) is 48.4 Å². The minimum atomic E-state index is -0.689. The summed E-state index contributed by atoms with van der Waals surface area (Å²) in [6.07, 6.45) is 0.700. The molecule has 1 aliphatic rings. The van der Waals surface area contributed by atoms with Crippen molar-refractivity contribution in [3.8, 4) is 11.5 Å². The summed E-state index contributed by atoms with van der Waals surface area (Å²) < 4.78 is 10.5. The number of nitrogens with zero attached hydrogens (tertiary/aromatic N) is 2. The Morgan fingerprint density at radius 3 is 2.32 bits per heavy atom. The Morgan fingerprint density at radius 2 is 1.71 bits per heavy atom. The van der Waals surface area contributed by atoms with Gasteiger partial charge in [0.15, 0.2) is 0 Å². The van der Waals surface area contributed by atoms with E-state index in [2.05, 4.69) is 0 Å². The number of benzene rings is 2. The SMILES string of the molecule is COc1ccc([C@H]2/C(=C(\O)c3cccc(OC)c3)C(=O)C(=O)N2CCCN(C)C)cc1. The van der Waals surface area contributed by atoms with Crippen LogP contribution in [0.15, 0.2) is 54.1 Å². The third-order valence-electron chi connectivity index (χ3n) is 5.32. The fourth-order valence-corrected chi connectivity index (χ4v) is 3.73. The van der Waals surface area contributed by atoms with Crippen LogP contribution in [0.3, 0.4) is 0 Å². The number of carbonyl (C=O) groups is 2. The Balaban J connectivity index is 2.09. The molecule has 1 saturated heterocycles. The average molecular weight is 424 g/mol. The molecule has 1 amide bonds. The van der Waals surface area contributed by atoms with Crippen LogP contribution in [0, 0.1) is 0 Å². The number of Topliss-reactive ketones (excluding diaryl/α,β-unsaturated/α-hetero) is 1. The van der Waals surface area contributed by atoms with Gasteiger partial charge in [0.1, 0.15) is 17.3 Å². The van der Waals surface area contributed by atoms with Crippen LogP contribution in [0.2, 0.25) is 0 Å². The van der Waals surface area contributed by atoms with E-state index in [-0.39, 0.29) is 11.3 Å². The second kappa shape index (κ2) is 9.66. The summed E-state index contributed by atoms with van der Waals surface area (Å²) in [5.41, 5.74) is 1.23. The van der Waals surface area contributed by atoms with E-state index in [1.165, 1.54) is 7.11 Å². The molecule has 0 aliphatic carbocycles. The van der Waals surface area contributed by atoms with Gasteiger partial charge >= 0.3 is 0 Å². The molecule has 7 nitrogen and oxygen atoms in total. The van der Waals surface area contributed by atoms with Crippen molar-refractivity contribution in [1.29, 1.82) is 0 Å². The number of likely N-dealkylation sites (tertiary alicyclic amines) is 1. The topological polar surface area (TPSA) is 79.3 Å². The van der Waals surface area contributed by atoms with Gasteiger partial charge in [-0.3, -0.25) is 9.59 Å². The minimum absolute atomic E-state index is 0.0771. The molecule has 31 heavy (non-hydrogen) atoms. The van der Waals surface area contributed by atoms with Gasteiger partial charge in [0.05, 0.1) is 25.8 Å². The monoisotopic (exact) mass is 424 g/mol. The molecule has 2 aromatic carbocycles. The zero-order valence-electron chi connectivity index (χ0n) is 18.3. The smallest absolute Gasteiger partial charge is 0.295 e. The van der Waals surface area contributed by atoms with Gasteiger partial charge in [0, 0.05) is 12.1 Å². The number of carbonyl (C=O) groups excluding carboxylic acids is 2. The van der Waals surface area contributed by atoms with Crippen LogP contribution >= 0.6 is 0 Å². The van der Waals surface area contributed by atoms with Gasteiger partial charge in [-0.15, -0.1) is 0 Å². The molecular formula is C24H28N2O5. The van der Waals surface area contributed by atoms with Crippen LogP contribution in [0.5, 0.6) is 11.5 Å². The predicted molar refractivity (Wildman–Crippen MR) is 118 cm³/mol. The first-order valence-electron chi connectivity index (χ1n) is 10.1. The highest BCUT2D eigenvalue weighted by molar-refractivity contribution is 6.46. The highest BCUT2D eigenvalue weighted by Gasteiger charge is 2.45. The van der Waals surface area contributed by atoms with Crippen molar-refractivity contribution in [3.63, 3.8) is 0 Å². The van der Waals surface area contributed by atoms with Gasteiger partial charge in [-0.2, -0.15) is 0 Å². The molecule has 3 rings (SSSR count). The molecule has 164 valence electrons. The average Bonchev–Trinajstić information content (AvgIpc) is 3.03. The molecule has 1 atom stereocenters. The van der Waals surface area contributed by atoms with Gasteiger partial charge in [-0.05, 0) is 56.9 Å². The largest absolute Gasteiger partial charge is 0.507 e. The Kier molecular flexibility index (Phi) is 6.97. The number of aliphatic hydroxyl groups is 1. The number of aliphatic hydroxyl groups excluding tert-OH is 1. The second-order valence-electron chi connectivity index (χ2n) is 7.65. The number of methoxy groups -OCH3 is 2. The molecule has 2 aromatic rings. The summed E-state index contributed by atoms with van der Waals surface area (Å²) in [4.78, 5) is 29.5. The van der Waals surface area contributed by atoms with E-state index in [0.717, 1.165) is 12.1 Å². The van der Waals surface area contributed by atoms with Crippen LogP contribution in [-0.2, 0) is 9.59 Å². The number of rotatable bonds is 8. The number of ketones is 1. The zero-order chi connectivity index (χ0) is 22.5. The number of hydrogen-bond donors (Lipinski definition) is 1. The lowest BCUT2D eigenvalue weighted by Crippen LogP contribution is -2.32. The Hall–Kier alpha value is -3.32. The lowest BCUT2D eigenvalue weighted by molar-refractivity contribution is -0.139. The highest BCUT2D eigenvalue weighted by atomic mass is 16.5. The molecule has 1 aliphatic heterocycles. The second-order valence-corrected chi connectivity index (χ2v) is 7.65. The van der Waals surface area contributed by atoms with E-state index in [1.807, 2.05) is 31.1 Å². The van der Waals surface area contributed by atoms with Crippen molar-refractivity contribution >= 4 is 17.4 Å². The van der Waals surface area contributed by atoms with Crippen LogP contribution < -0.4 is 9.47 Å². The molecule has 0 aromatic heterocycles. The van der Waals surface area contributed by atoms with E-state index in [0.29, 0.717) is 30.0 Å². The lowest BCUT2D eigenvalue weighted by Gasteiger charge is -2.26. The van der Waals surface area contributed by atoms with E-state index < -0.39 is 17.7 Å². The summed E-state index contributed by atoms with van der Waals surface area (Å²) >= 11 is 0. The number of amides is 1. The molecule has 1 heterocycles. The van der Waals surface area contributed by atoms with Crippen molar-refractivity contribution in [1.82, 2.24) is 9.80 Å². The standard InChI is InChI=1S/C24H28N2O5/c1-25(2)13-6-14-26-21(16-9-11-18(30-3)12-10-16)20(23(28)24(26)29)22(27)17-7-5-8-19(15-17)31-4/h5,7-12,15,21,27H,6,13-14H2,1-4H3/b22-20+/t21-/m0/s1. The maximum atomic E-state index is 13.0. The first-order valence-corrected chi connectivity index (χ1v) is 10.1. The first kappa shape index (κ1) is 22.4. The third-order valence-corrected chi connectivity index (χ3v) is 5.32. The normalized spacial score (nSPS) is 18.0. The number of hydrogen-bond acceptors (Lipinski definition) is 6. The Morgan fingerprint density at radius 1 is 1.03 bits per heavy atom. The molecule has 0 radical (unpaired) electrons. The maximum Gasteiger partial charge on any atom is 0.295 e. The number of ether oxygens (including phenoxy) is 2. The first-order chi connectivity index (χ1) is 14.9. The van der Waals surface area contributed by atoms with Crippen LogP contribution in [0.4, 0.5) is 0 Å². The summed E-state index contributed by atoms with van der Waals surface area (Å²) in [5.74, 6) is -0.297. The van der Waals surface area contributed by atoms with E-state index in [9.17, 15) is 14.7 Å². The Labute approximate surface area is 182 Å². The zero-order valence-corrected chi connectivity index (χ0v) is 18.3. The molecule has 1 fully saturated rings. The molecule has 0 unspecified atom stereocenters. The fraction of sp³-hybridized carbons (Fsp3) is 0.333. The van der Waals surface area contributed by atoms with Crippen molar-refractivity contribution in [2.45, 2.75) is 12.5 Å². The quantitative estimate of drug-likeness (QED) is 0.399. The molecule has 7 heteroatoms. The highest BCUT2D eigenvalue weighted by Crippen LogP contribution is 2.40. The fourth-order valence-electron chi connectivity index (χ4n) is 3.73. The van der Waals surface area contributed by atoms with Crippen molar-refractivity contribution in [2.24, 2.45) is 0 Å². The van der Waals surface area contributed by atoms with Crippen LogP contribution in [0.1, 0.15) is 23.6 Å². The van der Waals surface area contributed by atoms with Gasteiger partial charge in [0.25, 0.3) is 11.7 Å². The van der Waals surface area contributed by atoms with Crippen molar-refractivity contribution < 1.29 is 24.2 Å². The van der Waals surface area contributed by atoms with Gasteiger partial charge < -0.3 is 24.4 Å². The third kappa shape index (κ3) is 4.72. The lowest BCUT2D eigenvalue weighted by atomic mass is 9.95. The van der Waals surface area contributed by atoms with Gasteiger partial charge in [0.2, 0.25) is 0 Å². The minimum Gasteiger partial charge on any atom is -0.507 e.